The molecule has 1 rings (SSSR count). The highest BCUT2D eigenvalue weighted by atomic mass is 32.3. The third-order valence-corrected chi connectivity index (χ3v) is 3.84. The normalized spacial score (nSPS) is 12.6. The summed E-state index contributed by atoms with van der Waals surface area (Å²) in [5.41, 5.74) is -1.20. The lowest BCUT2D eigenvalue weighted by molar-refractivity contribution is 0.00616. The number of rotatable bonds is 9. The number of halogens is 5. The van der Waals surface area contributed by atoms with E-state index in [1.54, 1.807) is 20.8 Å². The topological polar surface area (TPSA) is 73.8 Å². The summed E-state index contributed by atoms with van der Waals surface area (Å²) in [5.74, 6) is -0.680. The van der Waals surface area contributed by atoms with Gasteiger partial charge in [-0.3, -0.25) is 4.98 Å². The quantitative estimate of drug-likeness (QED) is 0.409. The van der Waals surface area contributed by atoms with E-state index in [1.807, 2.05) is 0 Å². The van der Waals surface area contributed by atoms with Crippen molar-refractivity contribution in [2.24, 2.45) is 0 Å². The van der Waals surface area contributed by atoms with Crippen molar-refractivity contribution in [3.8, 4) is 0 Å². The molecule has 0 unspecified atom stereocenters. The molecule has 1 heterocycles. The van der Waals surface area contributed by atoms with E-state index in [9.17, 15) is 25.2 Å². The zero-order valence-electron chi connectivity index (χ0n) is 16.8. The molecule has 0 N–H and O–H groups in total. The maximum Gasteiger partial charge on any atom is 0.359 e. The van der Waals surface area contributed by atoms with E-state index in [1.165, 1.54) is 14.2 Å². The van der Waals surface area contributed by atoms with E-state index >= 15 is 0 Å². The minimum absolute atomic E-state index is 0.0796. The van der Waals surface area contributed by atoms with Crippen LogP contribution in [0.3, 0.4) is 0 Å². The van der Waals surface area contributed by atoms with Gasteiger partial charge in [0.05, 0.1) is 25.6 Å². The van der Waals surface area contributed by atoms with Gasteiger partial charge in [-0.2, -0.15) is 4.31 Å². The second kappa shape index (κ2) is 12.9. The largest absolute Gasteiger partial charge is 0.455 e. The maximum absolute atomic E-state index is 12.3. The summed E-state index contributed by atoms with van der Waals surface area (Å²) in [6.07, 6.45) is -0.848. The second-order valence-corrected chi connectivity index (χ2v) is 7.71. The molecule has 1 aromatic heterocycles. The van der Waals surface area contributed by atoms with Crippen LogP contribution in [0.4, 0.5) is 20.4 Å². The molecular weight excluding hydrogens is 425 g/mol. The smallest absolute Gasteiger partial charge is 0.359 e. The maximum atomic E-state index is 12.3. The molecule has 0 saturated carbocycles. The molecule has 170 valence electrons. The summed E-state index contributed by atoms with van der Waals surface area (Å²) in [7, 11) is 2.75. The van der Waals surface area contributed by atoms with Gasteiger partial charge in [0.25, 0.3) is 17.8 Å². The Labute approximate surface area is 168 Å². The number of carbonyl (C=O) groups excluding carboxylic acids is 1. The Morgan fingerprint density at radius 1 is 1.07 bits per heavy atom. The van der Waals surface area contributed by atoms with Gasteiger partial charge in [0.2, 0.25) is 0 Å². The average Bonchev–Trinajstić information content (AvgIpc) is 2.60. The standard InChI is InChI=1S/C10H12F2N2O2.C6H14F3NO2S/c1-10(2,3)16-9(15)7-5-13-6(4-14-7)8(11)12;1-11-5-3-10(4-6-12-2)13(7,8)9/h4-5,8H,1-3H3;3-6H2,1-2H3. The Morgan fingerprint density at radius 2 is 1.59 bits per heavy atom. The van der Waals surface area contributed by atoms with Gasteiger partial charge in [0.15, 0.2) is 5.69 Å². The first kappa shape index (κ1) is 27.4. The molecule has 0 aliphatic carbocycles. The van der Waals surface area contributed by atoms with Crippen molar-refractivity contribution in [3.63, 3.8) is 0 Å². The lowest BCUT2D eigenvalue weighted by Crippen LogP contribution is -2.28. The van der Waals surface area contributed by atoms with Crippen molar-refractivity contribution in [3.05, 3.63) is 23.8 Å². The van der Waals surface area contributed by atoms with E-state index < -0.39 is 35.1 Å². The molecule has 0 aliphatic rings. The predicted molar refractivity (Wildman–Crippen MR) is 98.4 cm³/mol. The molecule has 1 aromatic rings. The van der Waals surface area contributed by atoms with Gasteiger partial charge in [0.1, 0.15) is 11.3 Å². The zero-order chi connectivity index (χ0) is 22.7. The van der Waals surface area contributed by atoms with Crippen molar-refractivity contribution in [2.75, 3.05) is 40.5 Å². The highest BCUT2D eigenvalue weighted by molar-refractivity contribution is 8.18. The third kappa shape index (κ3) is 12.6. The molecule has 13 heteroatoms. The number of nitrogens with zero attached hydrogens (tertiary/aromatic N) is 3. The van der Waals surface area contributed by atoms with Gasteiger partial charge in [-0.1, -0.05) is 0 Å². The number of hydrogen-bond acceptors (Lipinski definition) is 7. The molecule has 0 atom stereocenters. The minimum Gasteiger partial charge on any atom is -0.455 e. The van der Waals surface area contributed by atoms with Crippen LogP contribution in [0, 0.1) is 0 Å². The monoisotopic (exact) mass is 451 g/mol. The van der Waals surface area contributed by atoms with Crippen molar-refractivity contribution < 1.29 is 39.4 Å². The second-order valence-electron chi connectivity index (χ2n) is 6.43. The van der Waals surface area contributed by atoms with E-state index in [0.29, 0.717) is 4.31 Å². The van der Waals surface area contributed by atoms with Gasteiger partial charge < -0.3 is 14.2 Å². The summed E-state index contributed by atoms with van der Waals surface area (Å²) >= 11 is -5.14. The number of aromatic nitrogens is 2. The van der Waals surface area contributed by atoms with Gasteiger partial charge in [-0.15, -0.1) is 11.7 Å². The number of alkyl halides is 2. The highest BCUT2D eigenvalue weighted by Crippen LogP contribution is 2.56. The molecule has 0 aromatic carbocycles. The van der Waals surface area contributed by atoms with Crippen molar-refractivity contribution >= 4 is 17.3 Å². The Balaban J connectivity index is 0.000000555. The molecule has 0 radical (unpaired) electrons. The predicted octanol–water partition coefficient (Wildman–Crippen LogP) is 4.32. The van der Waals surface area contributed by atoms with E-state index in [4.69, 9.17) is 4.74 Å². The third-order valence-electron chi connectivity index (χ3n) is 2.89. The van der Waals surface area contributed by atoms with Crippen LogP contribution in [-0.4, -0.2) is 66.4 Å². The van der Waals surface area contributed by atoms with Crippen LogP contribution in [0.25, 0.3) is 0 Å². The van der Waals surface area contributed by atoms with Crippen LogP contribution in [0.1, 0.15) is 43.4 Å². The van der Waals surface area contributed by atoms with Crippen LogP contribution in [0.15, 0.2) is 12.4 Å². The molecular formula is C16H26F5N3O4S. The summed E-state index contributed by atoms with van der Waals surface area (Å²) in [4.78, 5) is 18.4. The number of methoxy groups -OCH3 is 2. The van der Waals surface area contributed by atoms with Crippen LogP contribution in [-0.2, 0) is 14.2 Å². The molecule has 0 amide bonds. The fourth-order valence-electron chi connectivity index (χ4n) is 1.59. The molecule has 0 aliphatic heterocycles. The van der Waals surface area contributed by atoms with Crippen molar-refractivity contribution in [2.45, 2.75) is 32.8 Å². The van der Waals surface area contributed by atoms with Crippen molar-refractivity contribution in [1.82, 2.24) is 14.3 Å². The molecule has 0 bridgehead atoms. The van der Waals surface area contributed by atoms with Crippen molar-refractivity contribution in [1.29, 1.82) is 0 Å². The van der Waals surface area contributed by atoms with E-state index in [2.05, 4.69) is 19.4 Å². The van der Waals surface area contributed by atoms with Gasteiger partial charge >= 0.3 is 5.97 Å². The fraction of sp³-hybridized carbons (Fsp3) is 0.688. The summed E-state index contributed by atoms with van der Waals surface area (Å²) in [5, 5.41) is 0. The fourth-order valence-corrected chi connectivity index (χ4v) is 2.15. The number of esters is 1. The number of hydrogen-bond donors (Lipinski definition) is 0. The number of ether oxygens (including phenoxy) is 3. The summed E-state index contributed by atoms with van der Waals surface area (Å²) < 4.78 is 75.7. The molecule has 0 saturated heterocycles. The van der Waals surface area contributed by atoms with Crippen LogP contribution < -0.4 is 0 Å². The molecule has 0 fully saturated rings. The molecule has 7 nitrogen and oxygen atoms in total. The first-order valence-electron chi connectivity index (χ1n) is 8.30. The van der Waals surface area contributed by atoms with Gasteiger partial charge in [-0.25, -0.2) is 18.6 Å². The Morgan fingerprint density at radius 3 is 1.90 bits per heavy atom. The Kier molecular flexibility index (Phi) is 12.2. The number of carbonyl (C=O) groups is 1. The van der Waals surface area contributed by atoms with Crippen LogP contribution in [0.5, 0.6) is 0 Å². The highest BCUT2D eigenvalue weighted by Gasteiger charge is 2.30. The van der Waals surface area contributed by atoms with Gasteiger partial charge in [0, 0.05) is 27.3 Å². The SMILES string of the molecule is CC(C)(C)OC(=O)c1cnc(C(F)F)cn1.COCCN(CCOC)S(F)(F)F. The van der Waals surface area contributed by atoms with E-state index in [-0.39, 0.29) is 32.0 Å². The Hall–Kier alpha value is -1.57. The first-order valence-corrected chi connectivity index (χ1v) is 9.59. The zero-order valence-corrected chi connectivity index (χ0v) is 17.6. The van der Waals surface area contributed by atoms with E-state index in [0.717, 1.165) is 12.4 Å². The lowest BCUT2D eigenvalue weighted by Gasteiger charge is -2.26. The summed E-state index contributed by atoms with van der Waals surface area (Å²) in [6, 6.07) is 0. The molecule has 0 spiro atoms. The Bertz CT molecular complexity index is 590. The first-order chi connectivity index (χ1) is 13.3. The molecule has 29 heavy (non-hydrogen) atoms. The summed E-state index contributed by atoms with van der Waals surface area (Å²) in [6.45, 7) is 5.01. The van der Waals surface area contributed by atoms with Crippen LogP contribution >= 0.6 is 11.4 Å². The minimum atomic E-state index is -5.14. The van der Waals surface area contributed by atoms with Gasteiger partial charge in [-0.05, 0) is 20.8 Å². The lowest BCUT2D eigenvalue weighted by atomic mass is 10.2. The average molecular weight is 451 g/mol. The van der Waals surface area contributed by atoms with Crippen LogP contribution in [0.2, 0.25) is 0 Å².